The molecule has 1 heterocycles. The standard InChI is InChI=1S/C17H14ClNO/c1-10-3-5-12(6-4-10)17-16(11(2)20)14-9-13(18)7-8-15(14)19-17/h3-9,19H,1-2H3. The van der Waals surface area contributed by atoms with Crippen LogP contribution in [0.3, 0.4) is 0 Å². The molecule has 0 aliphatic heterocycles. The third kappa shape index (κ3) is 2.12. The van der Waals surface area contributed by atoms with Crippen LogP contribution in [0.2, 0.25) is 5.02 Å². The van der Waals surface area contributed by atoms with Gasteiger partial charge in [0, 0.05) is 15.9 Å². The van der Waals surface area contributed by atoms with Crippen molar-refractivity contribution < 1.29 is 4.79 Å². The van der Waals surface area contributed by atoms with Gasteiger partial charge in [-0.25, -0.2) is 0 Å². The van der Waals surface area contributed by atoms with Gasteiger partial charge in [-0.1, -0.05) is 41.4 Å². The topological polar surface area (TPSA) is 32.9 Å². The molecule has 0 atom stereocenters. The van der Waals surface area contributed by atoms with E-state index in [1.54, 1.807) is 6.92 Å². The molecule has 3 heteroatoms. The van der Waals surface area contributed by atoms with Gasteiger partial charge in [0.05, 0.1) is 11.3 Å². The van der Waals surface area contributed by atoms with E-state index in [4.69, 9.17) is 11.6 Å². The zero-order valence-corrected chi connectivity index (χ0v) is 12.1. The Morgan fingerprint density at radius 3 is 2.45 bits per heavy atom. The Balaban J connectivity index is 2.32. The van der Waals surface area contributed by atoms with Gasteiger partial charge in [-0.05, 0) is 37.6 Å². The van der Waals surface area contributed by atoms with E-state index in [1.807, 2.05) is 49.4 Å². The second kappa shape index (κ2) is 4.80. The number of carbonyl (C=O) groups excluding carboxylic acids is 1. The van der Waals surface area contributed by atoms with Gasteiger partial charge < -0.3 is 4.98 Å². The van der Waals surface area contributed by atoms with Crippen LogP contribution in [0, 0.1) is 6.92 Å². The average Bonchev–Trinajstić information content (AvgIpc) is 2.78. The number of fused-ring (bicyclic) bond motifs is 1. The number of aromatic amines is 1. The van der Waals surface area contributed by atoms with Gasteiger partial charge in [-0.3, -0.25) is 4.79 Å². The fourth-order valence-corrected chi connectivity index (χ4v) is 2.64. The molecule has 0 radical (unpaired) electrons. The number of nitrogens with one attached hydrogen (secondary N) is 1. The summed E-state index contributed by atoms with van der Waals surface area (Å²) < 4.78 is 0. The molecule has 3 rings (SSSR count). The van der Waals surface area contributed by atoms with Crippen LogP contribution in [-0.2, 0) is 0 Å². The first-order valence-corrected chi connectivity index (χ1v) is 6.83. The second-order valence-corrected chi connectivity index (χ2v) is 5.42. The van der Waals surface area contributed by atoms with Gasteiger partial charge in [-0.2, -0.15) is 0 Å². The lowest BCUT2D eigenvalue weighted by Gasteiger charge is -2.02. The lowest BCUT2D eigenvalue weighted by molar-refractivity contribution is 0.102. The fraction of sp³-hybridized carbons (Fsp3) is 0.118. The van der Waals surface area contributed by atoms with Crippen molar-refractivity contribution in [2.75, 3.05) is 0 Å². The monoisotopic (exact) mass is 283 g/mol. The first kappa shape index (κ1) is 12.9. The molecule has 0 bridgehead atoms. The van der Waals surface area contributed by atoms with Gasteiger partial charge in [0.1, 0.15) is 0 Å². The summed E-state index contributed by atoms with van der Waals surface area (Å²) in [5.41, 5.74) is 4.68. The molecule has 2 nitrogen and oxygen atoms in total. The van der Waals surface area contributed by atoms with E-state index >= 15 is 0 Å². The van der Waals surface area contributed by atoms with E-state index < -0.39 is 0 Å². The highest BCUT2D eigenvalue weighted by molar-refractivity contribution is 6.31. The average molecular weight is 284 g/mol. The van der Waals surface area contributed by atoms with Crippen LogP contribution in [0.5, 0.6) is 0 Å². The van der Waals surface area contributed by atoms with E-state index in [-0.39, 0.29) is 5.78 Å². The Kier molecular flexibility index (Phi) is 3.11. The van der Waals surface area contributed by atoms with E-state index in [1.165, 1.54) is 5.56 Å². The van der Waals surface area contributed by atoms with Crippen LogP contribution >= 0.6 is 11.6 Å². The molecule has 0 aliphatic rings. The molecule has 0 saturated heterocycles. The van der Waals surface area contributed by atoms with Crippen molar-refractivity contribution in [1.29, 1.82) is 0 Å². The van der Waals surface area contributed by atoms with Crippen LogP contribution in [0.4, 0.5) is 0 Å². The molecule has 1 aromatic heterocycles. The first-order valence-electron chi connectivity index (χ1n) is 6.45. The maximum atomic E-state index is 12.0. The second-order valence-electron chi connectivity index (χ2n) is 4.99. The Morgan fingerprint density at radius 2 is 1.80 bits per heavy atom. The van der Waals surface area contributed by atoms with E-state index in [9.17, 15) is 4.79 Å². The molecular formula is C17H14ClNO. The van der Waals surface area contributed by atoms with Crippen LogP contribution in [0.15, 0.2) is 42.5 Å². The lowest BCUT2D eigenvalue weighted by atomic mass is 10.0. The van der Waals surface area contributed by atoms with Crippen molar-refractivity contribution in [3.63, 3.8) is 0 Å². The lowest BCUT2D eigenvalue weighted by Crippen LogP contribution is -1.94. The number of hydrogen-bond acceptors (Lipinski definition) is 1. The number of hydrogen-bond donors (Lipinski definition) is 1. The normalized spacial score (nSPS) is 10.9. The van der Waals surface area contributed by atoms with Gasteiger partial charge in [0.2, 0.25) is 0 Å². The first-order chi connectivity index (χ1) is 9.56. The molecule has 0 saturated carbocycles. The number of rotatable bonds is 2. The quantitative estimate of drug-likeness (QED) is 0.660. The zero-order chi connectivity index (χ0) is 14.3. The molecule has 0 aliphatic carbocycles. The summed E-state index contributed by atoms with van der Waals surface area (Å²) in [5, 5.41) is 1.51. The molecule has 0 spiro atoms. The molecule has 0 unspecified atom stereocenters. The minimum Gasteiger partial charge on any atom is -0.354 e. The van der Waals surface area contributed by atoms with Crippen LogP contribution in [-0.4, -0.2) is 10.8 Å². The van der Waals surface area contributed by atoms with E-state index in [2.05, 4.69) is 4.98 Å². The third-order valence-electron chi connectivity index (χ3n) is 3.45. The highest BCUT2D eigenvalue weighted by Crippen LogP contribution is 2.32. The fourth-order valence-electron chi connectivity index (χ4n) is 2.47. The minimum atomic E-state index is 0.0362. The van der Waals surface area contributed by atoms with Crippen molar-refractivity contribution >= 4 is 28.3 Å². The van der Waals surface area contributed by atoms with Crippen LogP contribution in [0.1, 0.15) is 22.8 Å². The van der Waals surface area contributed by atoms with Crippen molar-refractivity contribution in [3.8, 4) is 11.3 Å². The summed E-state index contributed by atoms with van der Waals surface area (Å²) >= 11 is 6.05. The number of carbonyl (C=O) groups is 1. The number of halogens is 1. The smallest absolute Gasteiger partial charge is 0.162 e. The van der Waals surface area contributed by atoms with Gasteiger partial charge in [0.15, 0.2) is 5.78 Å². The summed E-state index contributed by atoms with van der Waals surface area (Å²) in [7, 11) is 0. The minimum absolute atomic E-state index is 0.0362. The summed E-state index contributed by atoms with van der Waals surface area (Å²) in [6, 6.07) is 13.7. The van der Waals surface area contributed by atoms with E-state index in [0.29, 0.717) is 10.6 Å². The van der Waals surface area contributed by atoms with Crippen LogP contribution in [0.25, 0.3) is 22.2 Å². The Morgan fingerprint density at radius 1 is 1.10 bits per heavy atom. The molecule has 0 amide bonds. The number of aryl methyl sites for hydroxylation is 1. The SMILES string of the molecule is CC(=O)c1c(-c2ccc(C)cc2)[nH]c2ccc(Cl)cc12. The zero-order valence-electron chi connectivity index (χ0n) is 11.3. The number of Topliss-reactive ketones (excluding diaryl/α,β-unsaturated/α-hetero) is 1. The molecule has 3 aromatic rings. The van der Waals surface area contributed by atoms with Gasteiger partial charge >= 0.3 is 0 Å². The molecule has 1 N–H and O–H groups in total. The number of ketones is 1. The maximum Gasteiger partial charge on any atom is 0.162 e. The summed E-state index contributed by atoms with van der Waals surface area (Å²) in [5.74, 6) is 0.0362. The third-order valence-corrected chi connectivity index (χ3v) is 3.69. The molecule has 0 fully saturated rings. The summed E-state index contributed by atoms with van der Waals surface area (Å²) in [4.78, 5) is 15.4. The Labute approximate surface area is 122 Å². The summed E-state index contributed by atoms with van der Waals surface area (Å²) in [6.45, 7) is 3.63. The predicted molar refractivity (Wildman–Crippen MR) is 83.5 cm³/mol. The Bertz CT molecular complexity index is 800. The van der Waals surface area contributed by atoms with Gasteiger partial charge in [-0.15, -0.1) is 0 Å². The highest BCUT2D eigenvalue weighted by Gasteiger charge is 2.16. The van der Waals surface area contributed by atoms with Crippen molar-refractivity contribution in [1.82, 2.24) is 4.98 Å². The van der Waals surface area contributed by atoms with Crippen LogP contribution < -0.4 is 0 Å². The Hall–Kier alpha value is -2.06. The van der Waals surface area contributed by atoms with Crippen molar-refractivity contribution in [2.24, 2.45) is 0 Å². The predicted octanol–water partition coefficient (Wildman–Crippen LogP) is 5.00. The molecular weight excluding hydrogens is 270 g/mol. The number of H-pyrrole nitrogens is 1. The van der Waals surface area contributed by atoms with Crippen molar-refractivity contribution in [3.05, 3.63) is 58.6 Å². The number of aromatic nitrogens is 1. The number of benzene rings is 2. The molecule has 20 heavy (non-hydrogen) atoms. The van der Waals surface area contributed by atoms with E-state index in [0.717, 1.165) is 22.2 Å². The molecule has 2 aromatic carbocycles. The largest absolute Gasteiger partial charge is 0.354 e. The summed E-state index contributed by atoms with van der Waals surface area (Å²) in [6.07, 6.45) is 0. The maximum absolute atomic E-state index is 12.0. The highest BCUT2D eigenvalue weighted by atomic mass is 35.5. The van der Waals surface area contributed by atoms with Crippen molar-refractivity contribution in [2.45, 2.75) is 13.8 Å². The molecule has 100 valence electrons. The van der Waals surface area contributed by atoms with Gasteiger partial charge in [0.25, 0.3) is 0 Å².